The van der Waals surface area contributed by atoms with Crippen LogP contribution in [0.3, 0.4) is 0 Å². The fourth-order valence-electron chi connectivity index (χ4n) is 4.87. The van der Waals surface area contributed by atoms with Crippen molar-refractivity contribution in [2.75, 3.05) is 38.1 Å². The normalized spacial score (nSPS) is 21.1. The fourth-order valence-corrected chi connectivity index (χ4v) is 5.09. The summed E-state index contributed by atoms with van der Waals surface area (Å²) in [4.78, 5) is 36.9. The molecule has 3 N–H and O–H groups in total. The summed E-state index contributed by atoms with van der Waals surface area (Å²) < 4.78 is 11.6. The van der Waals surface area contributed by atoms with Gasteiger partial charge >= 0.3 is 6.09 Å². The monoisotopic (exact) mass is 515 g/mol. The molecule has 2 aliphatic rings. The number of anilines is 1. The van der Waals surface area contributed by atoms with E-state index in [4.69, 9.17) is 21.1 Å². The molecular weight excluding hydrogens is 486 g/mol. The number of H-pyrrole nitrogens is 1. The Kier molecular flexibility index (Phi) is 6.78. The molecule has 2 aliphatic heterocycles. The molecule has 2 amide bonds. The number of amides is 2. The van der Waals surface area contributed by atoms with Crippen molar-refractivity contribution in [2.45, 2.75) is 44.6 Å². The number of aliphatic hydroxyl groups excluding tert-OH is 1. The molecule has 0 aliphatic carbocycles. The van der Waals surface area contributed by atoms with Crippen LogP contribution in [0.1, 0.15) is 26.7 Å². The topological polar surface area (TPSA) is 120 Å². The molecule has 1 aromatic carbocycles. The van der Waals surface area contributed by atoms with Crippen LogP contribution in [0.2, 0.25) is 5.02 Å². The lowest BCUT2D eigenvalue weighted by Crippen LogP contribution is -2.58. The predicted molar refractivity (Wildman–Crippen MR) is 136 cm³/mol. The molecule has 5 rings (SSSR count). The molecule has 4 heterocycles. The SMILES string of the molecule is CC1(C)CN(CC(=O)N2CCC(O)CC2)C(OC(=O)Nc2cc(Cl)cc3c2[nH]c2cnccc23)CO1. The summed E-state index contributed by atoms with van der Waals surface area (Å²) in [6, 6.07) is 5.36. The van der Waals surface area contributed by atoms with Crippen LogP contribution in [0, 0.1) is 0 Å². The second-order valence-electron chi connectivity index (χ2n) is 9.99. The van der Waals surface area contributed by atoms with Crippen LogP contribution < -0.4 is 5.32 Å². The van der Waals surface area contributed by atoms with E-state index < -0.39 is 17.9 Å². The highest BCUT2D eigenvalue weighted by Crippen LogP contribution is 2.33. The summed E-state index contributed by atoms with van der Waals surface area (Å²) in [5.41, 5.74) is 1.51. The van der Waals surface area contributed by atoms with E-state index in [9.17, 15) is 14.7 Å². The van der Waals surface area contributed by atoms with Gasteiger partial charge in [0.25, 0.3) is 0 Å². The van der Waals surface area contributed by atoms with Gasteiger partial charge in [-0.15, -0.1) is 0 Å². The number of aromatic nitrogens is 2. The standard InChI is InChI=1S/C25H30ClN5O5/c1-25(2)14-31(12-21(33)30-7-4-16(32)5-8-30)22(13-35-25)36-24(34)29-19-10-15(26)9-18-17-3-6-27-11-20(17)28-23(18)19/h3,6,9-11,16,22,28,32H,4-5,7-8,12-14H2,1-2H3,(H,29,34). The number of nitrogens with one attached hydrogen (secondary N) is 2. The minimum absolute atomic E-state index is 0.0585. The van der Waals surface area contributed by atoms with Crippen molar-refractivity contribution in [2.24, 2.45) is 0 Å². The highest BCUT2D eigenvalue weighted by Gasteiger charge is 2.38. The second-order valence-corrected chi connectivity index (χ2v) is 10.4. The lowest BCUT2D eigenvalue weighted by molar-refractivity contribution is -0.178. The van der Waals surface area contributed by atoms with Gasteiger partial charge in [-0.25, -0.2) is 4.79 Å². The van der Waals surface area contributed by atoms with Crippen LogP contribution in [-0.2, 0) is 14.3 Å². The molecule has 0 bridgehead atoms. The van der Waals surface area contributed by atoms with Gasteiger partial charge < -0.3 is 24.5 Å². The Balaban J connectivity index is 1.31. The Morgan fingerprint density at radius 1 is 1.31 bits per heavy atom. The minimum atomic E-state index is -0.737. The number of pyridine rings is 1. The quantitative estimate of drug-likeness (QED) is 0.487. The number of aromatic amines is 1. The molecule has 0 radical (unpaired) electrons. The smallest absolute Gasteiger partial charge is 0.413 e. The number of carbonyl (C=O) groups excluding carboxylic acids is 2. The van der Waals surface area contributed by atoms with E-state index in [-0.39, 0.29) is 25.2 Å². The molecule has 1 unspecified atom stereocenters. The molecular formula is C25H30ClN5O5. The average Bonchev–Trinajstić information content (AvgIpc) is 3.20. The van der Waals surface area contributed by atoms with Crippen LogP contribution in [0.4, 0.5) is 10.5 Å². The molecule has 2 fully saturated rings. The van der Waals surface area contributed by atoms with Crippen molar-refractivity contribution >= 4 is 51.1 Å². The maximum atomic E-state index is 13.0. The van der Waals surface area contributed by atoms with Crippen molar-refractivity contribution in [3.8, 4) is 0 Å². The Bertz CT molecular complexity index is 1290. The zero-order chi connectivity index (χ0) is 25.4. The number of morpholine rings is 1. The van der Waals surface area contributed by atoms with Gasteiger partial charge in [-0.1, -0.05) is 11.6 Å². The van der Waals surface area contributed by atoms with Gasteiger partial charge in [-0.05, 0) is 44.9 Å². The summed E-state index contributed by atoms with van der Waals surface area (Å²) in [5, 5.41) is 14.8. The van der Waals surface area contributed by atoms with Gasteiger partial charge in [0.2, 0.25) is 5.91 Å². The van der Waals surface area contributed by atoms with E-state index in [1.54, 1.807) is 23.4 Å². The van der Waals surface area contributed by atoms with Gasteiger partial charge in [0, 0.05) is 41.6 Å². The number of benzene rings is 1. The number of nitrogens with zero attached hydrogens (tertiary/aromatic N) is 3. The molecule has 2 aromatic heterocycles. The Morgan fingerprint density at radius 2 is 2.08 bits per heavy atom. The summed E-state index contributed by atoms with van der Waals surface area (Å²) >= 11 is 6.34. The number of hydrogen-bond acceptors (Lipinski definition) is 7. The molecule has 1 atom stereocenters. The largest absolute Gasteiger partial charge is 0.427 e. The molecule has 10 nitrogen and oxygen atoms in total. The first-order chi connectivity index (χ1) is 17.2. The minimum Gasteiger partial charge on any atom is -0.427 e. The van der Waals surface area contributed by atoms with Crippen molar-refractivity contribution < 1.29 is 24.2 Å². The number of piperidine rings is 1. The van der Waals surface area contributed by atoms with E-state index in [2.05, 4.69) is 15.3 Å². The molecule has 2 saturated heterocycles. The Morgan fingerprint density at radius 3 is 2.86 bits per heavy atom. The second kappa shape index (κ2) is 9.85. The molecule has 36 heavy (non-hydrogen) atoms. The van der Waals surface area contributed by atoms with Gasteiger partial charge in [-0.3, -0.25) is 20.0 Å². The number of likely N-dealkylation sites (tertiary alicyclic amines) is 1. The number of ether oxygens (including phenoxy) is 2. The summed E-state index contributed by atoms with van der Waals surface area (Å²) in [6.45, 7) is 5.56. The maximum absolute atomic E-state index is 13.0. The number of hydrogen-bond donors (Lipinski definition) is 3. The van der Waals surface area contributed by atoms with Gasteiger partial charge in [0.1, 0.15) is 0 Å². The van der Waals surface area contributed by atoms with E-state index in [0.29, 0.717) is 48.7 Å². The van der Waals surface area contributed by atoms with Crippen molar-refractivity contribution in [3.05, 3.63) is 35.6 Å². The number of aliphatic hydroxyl groups is 1. The summed E-state index contributed by atoms with van der Waals surface area (Å²) in [6.07, 6.45) is 2.78. The number of rotatable bonds is 4. The first-order valence-corrected chi connectivity index (χ1v) is 12.4. The molecule has 0 spiro atoms. The highest BCUT2D eigenvalue weighted by atomic mass is 35.5. The average molecular weight is 516 g/mol. The summed E-state index contributed by atoms with van der Waals surface area (Å²) in [5.74, 6) is -0.0585. The zero-order valence-corrected chi connectivity index (χ0v) is 21.0. The van der Waals surface area contributed by atoms with Crippen LogP contribution in [-0.4, -0.2) is 87.6 Å². The fraction of sp³-hybridized carbons (Fsp3) is 0.480. The predicted octanol–water partition coefficient (Wildman–Crippen LogP) is 3.34. The van der Waals surface area contributed by atoms with E-state index in [0.717, 1.165) is 16.3 Å². The van der Waals surface area contributed by atoms with Crippen LogP contribution in [0.5, 0.6) is 0 Å². The Labute approximate surface area is 213 Å². The van der Waals surface area contributed by atoms with E-state index >= 15 is 0 Å². The van der Waals surface area contributed by atoms with Gasteiger partial charge in [0.05, 0.1) is 47.8 Å². The van der Waals surface area contributed by atoms with Gasteiger partial charge in [-0.2, -0.15) is 0 Å². The van der Waals surface area contributed by atoms with Crippen LogP contribution in [0.15, 0.2) is 30.6 Å². The zero-order valence-electron chi connectivity index (χ0n) is 20.3. The van der Waals surface area contributed by atoms with Crippen molar-refractivity contribution in [1.82, 2.24) is 19.8 Å². The van der Waals surface area contributed by atoms with Crippen LogP contribution in [0.25, 0.3) is 21.8 Å². The van der Waals surface area contributed by atoms with E-state index in [1.165, 1.54) is 0 Å². The van der Waals surface area contributed by atoms with Crippen molar-refractivity contribution in [1.29, 1.82) is 0 Å². The third-order valence-corrected chi connectivity index (χ3v) is 6.94. The first kappa shape index (κ1) is 24.8. The maximum Gasteiger partial charge on any atom is 0.413 e. The van der Waals surface area contributed by atoms with Crippen molar-refractivity contribution in [3.63, 3.8) is 0 Å². The lowest BCUT2D eigenvalue weighted by Gasteiger charge is -2.43. The molecule has 192 valence electrons. The number of fused-ring (bicyclic) bond motifs is 3. The number of carbonyl (C=O) groups is 2. The molecule has 0 saturated carbocycles. The first-order valence-electron chi connectivity index (χ1n) is 12.0. The van der Waals surface area contributed by atoms with Gasteiger partial charge in [0.15, 0.2) is 6.23 Å². The third kappa shape index (κ3) is 5.27. The Hall–Kier alpha value is -2.92. The molecule has 3 aromatic rings. The highest BCUT2D eigenvalue weighted by molar-refractivity contribution is 6.32. The third-order valence-electron chi connectivity index (χ3n) is 6.72. The number of halogens is 1. The summed E-state index contributed by atoms with van der Waals surface area (Å²) in [7, 11) is 0. The molecule has 11 heteroatoms. The lowest BCUT2D eigenvalue weighted by atomic mass is 10.1. The van der Waals surface area contributed by atoms with Crippen LogP contribution >= 0.6 is 11.6 Å². The van der Waals surface area contributed by atoms with E-state index in [1.807, 2.05) is 30.9 Å².